The van der Waals surface area contributed by atoms with E-state index in [1.807, 2.05) is 55.2 Å². The van der Waals surface area contributed by atoms with Crippen LogP contribution in [-0.4, -0.2) is 87.1 Å². The monoisotopic (exact) mass is 609 g/mol. The van der Waals surface area contributed by atoms with E-state index in [1.54, 1.807) is 21.6 Å². The first kappa shape index (κ1) is 31.6. The van der Waals surface area contributed by atoms with Crippen molar-refractivity contribution in [2.45, 2.75) is 81.9 Å². The Morgan fingerprint density at radius 2 is 1.70 bits per heavy atom. The van der Waals surface area contributed by atoms with E-state index in [0.717, 1.165) is 30.7 Å². The van der Waals surface area contributed by atoms with Crippen LogP contribution in [0.15, 0.2) is 48.6 Å². The summed E-state index contributed by atoms with van der Waals surface area (Å²) in [6.07, 6.45) is 11.7. The summed E-state index contributed by atoms with van der Waals surface area (Å²) in [6, 6.07) is 6.21. The van der Waals surface area contributed by atoms with Crippen LogP contribution in [0, 0.1) is 17.8 Å². The molecule has 1 aromatic carbocycles. The number of likely N-dealkylation sites (tertiary alicyclic amines) is 1. The molecule has 0 radical (unpaired) electrons. The molecule has 4 heterocycles. The lowest BCUT2D eigenvalue weighted by Crippen LogP contribution is -2.57. The van der Waals surface area contributed by atoms with Gasteiger partial charge in [-0.1, -0.05) is 57.9 Å². The van der Waals surface area contributed by atoms with Gasteiger partial charge >= 0.3 is 0 Å². The van der Waals surface area contributed by atoms with Gasteiger partial charge in [0.1, 0.15) is 11.8 Å². The molecule has 1 aromatic rings. The lowest BCUT2D eigenvalue weighted by molar-refractivity contribution is -0.146. The highest BCUT2D eigenvalue weighted by Crippen LogP contribution is 2.66. The molecule has 6 atom stereocenters. The van der Waals surface area contributed by atoms with Crippen LogP contribution in [0.3, 0.4) is 0 Å². The third kappa shape index (κ3) is 5.52. The zero-order chi connectivity index (χ0) is 30.9. The van der Waals surface area contributed by atoms with Crippen molar-refractivity contribution in [3.8, 4) is 5.75 Å². The van der Waals surface area contributed by atoms with Crippen LogP contribution in [0.2, 0.25) is 0 Å². The minimum absolute atomic E-state index is 0.0773. The minimum atomic E-state index is -0.917. The second-order valence-electron chi connectivity index (χ2n) is 12.9. The molecular weight excluding hydrogens is 562 g/mol. The number of ether oxygens (including phenoxy) is 1. The number of anilines is 1. The molecular formula is C34H47N3O5S. The molecule has 1 N–H and O–H groups in total. The third-order valence-corrected chi connectivity index (χ3v) is 11.2. The van der Waals surface area contributed by atoms with E-state index in [1.165, 1.54) is 0 Å². The molecule has 9 heteroatoms. The molecule has 0 aromatic heterocycles. The van der Waals surface area contributed by atoms with Crippen LogP contribution < -0.4 is 9.64 Å². The van der Waals surface area contributed by atoms with Crippen molar-refractivity contribution in [3.05, 3.63) is 48.6 Å². The van der Waals surface area contributed by atoms with E-state index in [2.05, 4.69) is 32.9 Å². The topological polar surface area (TPSA) is 90.4 Å². The number of amides is 3. The summed E-state index contributed by atoms with van der Waals surface area (Å²) < 4.78 is 4.01. The van der Waals surface area contributed by atoms with Crippen molar-refractivity contribution in [2.75, 3.05) is 37.7 Å². The molecule has 234 valence electrons. The van der Waals surface area contributed by atoms with Gasteiger partial charge in [-0.05, 0) is 56.9 Å². The fourth-order valence-corrected chi connectivity index (χ4v) is 9.74. The van der Waals surface area contributed by atoms with E-state index in [-0.39, 0.29) is 30.2 Å². The molecule has 2 fully saturated rings. The van der Waals surface area contributed by atoms with Gasteiger partial charge in [0, 0.05) is 30.1 Å². The number of aliphatic hydroxyl groups is 1. The number of hydrogen-bond donors (Lipinski definition) is 1. The number of carbonyl (C=O) groups is 3. The smallest absolute Gasteiger partial charge is 0.247 e. The van der Waals surface area contributed by atoms with Gasteiger partial charge in [-0.25, -0.2) is 0 Å². The number of hydrogen-bond acceptors (Lipinski definition) is 6. The van der Waals surface area contributed by atoms with Crippen LogP contribution in [0.25, 0.3) is 0 Å². The van der Waals surface area contributed by atoms with Crippen molar-refractivity contribution in [2.24, 2.45) is 17.8 Å². The quantitative estimate of drug-likeness (QED) is 0.290. The number of fused-ring (bicyclic) bond motifs is 2. The molecule has 0 saturated carbocycles. The summed E-state index contributed by atoms with van der Waals surface area (Å²) in [6.45, 7) is 12.1. The van der Waals surface area contributed by atoms with Crippen LogP contribution in [0.1, 0.15) is 60.3 Å². The highest BCUT2D eigenvalue weighted by Gasteiger charge is 2.74. The summed E-state index contributed by atoms with van der Waals surface area (Å²) in [5.74, 6) is -0.848. The average molecular weight is 610 g/mol. The zero-order valence-electron chi connectivity index (χ0n) is 26.2. The number of aliphatic hydroxyl groups excluding tert-OH is 1. The van der Waals surface area contributed by atoms with E-state index in [4.69, 9.17) is 4.74 Å². The highest BCUT2D eigenvalue weighted by atomic mass is 32.2. The molecule has 0 aliphatic carbocycles. The third-order valence-electron chi connectivity index (χ3n) is 9.42. The summed E-state index contributed by atoms with van der Waals surface area (Å²) >= 11 is 1.59. The fraction of sp³-hybridized carbons (Fsp3) is 0.618. The lowest BCUT2D eigenvalue weighted by atomic mass is 9.74. The van der Waals surface area contributed by atoms with E-state index < -0.39 is 33.4 Å². The second-order valence-corrected chi connectivity index (χ2v) is 14.7. The zero-order valence-corrected chi connectivity index (χ0v) is 27.0. The SMILES string of the molecule is CCCCCN1CC=C[C@]23S[C@@]4(C)C=CCN(c5ccc(OCC)cc5)C(=O)[C@H]4[C@H]2C(=O)N([C@@H](CO)CC(C)C)C3C1=O. The van der Waals surface area contributed by atoms with Gasteiger partial charge in [0.15, 0.2) is 0 Å². The van der Waals surface area contributed by atoms with Crippen LogP contribution in [0.5, 0.6) is 5.75 Å². The second kappa shape index (κ2) is 12.7. The van der Waals surface area contributed by atoms with Crippen molar-refractivity contribution >= 4 is 35.2 Å². The summed E-state index contributed by atoms with van der Waals surface area (Å²) in [4.78, 5) is 49.2. The molecule has 4 aliphatic heterocycles. The van der Waals surface area contributed by atoms with Crippen molar-refractivity contribution in [1.82, 2.24) is 9.80 Å². The molecule has 5 rings (SSSR count). The molecule has 1 unspecified atom stereocenters. The maximum atomic E-state index is 14.8. The molecule has 3 amide bonds. The standard InChI is InChI=1S/C34H47N3O5S/c1-6-8-9-18-35-19-11-17-34-28(31(40)37(29(34)32(35)41)25(22-38)21-23(3)4)27-30(39)36(20-10-16-33(27,5)43-34)24-12-14-26(15-13-24)42-7-2/h10-17,23,25,27-29,38H,6-9,18-22H2,1-5H3/t25-,27-,28+,29?,33+,34+/m1/s1. The predicted octanol–water partition coefficient (Wildman–Crippen LogP) is 4.67. The maximum Gasteiger partial charge on any atom is 0.247 e. The van der Waals surface area contributed by atoms with Crippen molar-refractivity contribution in [3.63, 3.8) is 0 Å². The Kier molecular flexibility index (Phi) is 9.33. The van der Waals surface area contributed by atoms with Gasteiger partial charge in [-0.3, -0.25) is 14.4 Å². The van der Waals surface area contributed by atoms with Gasteiger partial charge in [-0.2, -0.15) is 0 Å². The first-order valence-electron chi connectivity index (χ1n) is 15.9. The predicted molar refractivity (Wildman–Crippen MR) is 171 cm³/mol. The summed E-state index contributed by atoms with van der Waals surface area (Å²) in [5, 5.41) is 10.6. The van der Waals surface area contributed by atoms with E-state index >= 15 is 0 Å². The normalized spacial score (nSPS) is 30.8. The van der Waals surface area contributed by atoms with Gasteiger partial charge < -0.3 is 24.5 Å². The largest absolute Gasteiger partial charge is 0.494 e. The Morgan fingerprint density at radius 3 is 2.35 bits per heavy atom. The Hall–Kier alpha value is -2.78. The van der Waals surface area contributed by atoms with Crippen LogP contribution in [0.4, 0.5) is 5.69 Å². The number of thioether (sulfide) groups is 1. The molecule has 4 aliphatic rings. The Morgan fingerprint density at radius 1 is 0.977 bits per heavy atom. The van der Waals surface area contributed by atoms with Crippen molar-refractivity contribution < 1.29 is 24.2 Å². The van der Waals surface area contributed by atoms with Crippen LogP contribution >= 0.6 is 11.8 Å². The highest BCUT2D eigenvalue weighted by molar-refractivity contribution is 8.02. The molecule has 1 spiro atoms. The molecule has 8 nitrogen and oxygen atoms in total. The van der Waals surface area contributed by atoms with Gasteiger partial charge in [0.25, 0.3) is 0 Å². The van der Waals surface area contributed by atoms with Crippen molar-refractivity contribution in [1.29, 1.82) is 0 Å². The number of benzene rings is 1. The first-order chi connectivity index (χ1) is 20.6. The Labute approximate surface area is 260 Å². The average Bonchev–Trinajstić information content (AvgIpc) is 3.25. The van der Waals surface area contributed by atoms with Gasteiger partial charge in [0.2, 0.25) is 17.7 Å². The summed E-state index contributed by atoms with van der Waals surface area (Å²) in [7, 11) is 0. The number of unbranched alkanes of at least 4 members (excludes halogenated alkanes) is 2. The Bertz CT molecular complexity index is 1260. The molecule has 2 saturated heterocycles. The number of carbonyl (C=O) groups excluding carboxylic acids is 3. The molecule has 0 bridgehead atoms. The van der Waals surface area contributed by atoms with E-state index in [9.17, 15) is 19.5 Å². The minimum Gasteiger partial charge on any atom is -0.494 e. The summed E-state index contributed by atoms with van der Waals surface area (Å²) in [5.41, 5.74) is 0.745. The Balaban J connectivity index is 1.59. The lowest BCUT2D eigenvalue weighted by Gasteiger charge is -2.40. The fourth-order valence-electron chi connectivity index (χ4n) is 7.60. The number of rotatable bonds is 11. The van der Waals surface area contributed by atoms with Gasteiger partial charge in [-0.15, -0.1) is 11.8 Å². The molecule has 43 heavy (non-hydrogen) atoms. The maximum absolute atomic E-state index is 14.8. The number of nitrogens with zero attached hydrogens (tertiary/aromatic N) is 3. The van der Waals surface area contributed by atoms with Crippen LogP contribution in [-0.2, 0) is 14.4 Å². The van der Waals surface area contributed by atoms with Gasteiger partial charge in [0.05, 0.1) is 35.8 Å². The van der Waals surface area contributed by atoms with E-state index in [0.29, 0.717) is 32.7 Å². The first-order valence-corrected chi connectivity index (χ1v) is 16.7.